The van der Waals surface area contributed by atoms with Crippen molar-refractivity contribution < 1.29 is 9.53 Å². The van der Waals surface area contributed by atoms with Gasteiger partial charge in [-0.25, -0.2) is 0 Å². The predicted molar refractivity (Wildman–Crippen MR) is 92.6 cm³/mol. The van der Waals surface area contributed by atoms with Crippen molar-refractivity contribution in [3.63, 3.8) is 0 Å². The Morgan fingerprint density at radius 1 is 1.35 bits per heavy atom. The second-order valence-electron chi connectivity index (χ2n) is 5.88. The van der Waals surface area contributed by atoms with Gasteiger partial charge in [-0.05, 0) is 55.7 Å². The molecule has 1 aromatic carbocycles. The summed E-state index contributed by atoms with van der Waals surface area (Å²) in [7, 11) is 0. The summed E-state index contributed by atoms with van der Waals surface area (Å²) in [4.78, 5) is 11.8. The third-order valence-electron chi connectivity index (χ3n) is 3.06. The highest BCUT2D eigenvalue weighted by atomic mass is 127. The number of rotatable bonds is 6. The largest absolute Gasteiger partial charge is 0.426 e. The summed E-state index contributed by atoms with van der Waals surface area (Å²) in [6.07, 6.45) is 4.27. The summed E-state index contributed by atoms with van der Waals surface area (Å²) in [5.41, 5.74) is 0.739. The number of halogens is 1. The number of hydrogen-bond acceptors (Lipinski definition) is 2. The van der Waals surface area contributed by atoms with Crippen LogP contribution in [0, 0.1) is 5.41 Å². The SMILES string of the molecule is C=CC(CCCI)c1ccc(OC(=O)C(C)(C)C)cc1. The van der Waals surface area contributed by atoms with E-state index in [0.717, 1.165) is 10.8 Å². The lowest BCUT2D eigenvalue weighted by atomic mass is 9.94. The maximum atomic E-state index is 11.8. The van der Waals surface area contributed by atoms with E-state index in [9.17, 15) is 4.79 Å². The molecule has 0 aliphatic rings. The van der Waals surface area contributed by atoms with Crippen LogP contribution >= 0.6 is 22.6 Å². The van der Waals surface area contributed by atoms with Gasteiger partial charge < -0.3 is 4.74 Å². The highest BCUT2D eigenvalue weighted by molar-refractivity contribution is 14.1. The van der Waals surface area contributed by atoms with Gasteiger partial charge in [0.05, 0.1) is 5.41 Å². The number of hydrogen-bond donors (Lipinski definition) is 0. The van der Waals surface area contributed by atoms with E-state index in [1.165, 1.54) is 12.0 Å². The molecule has 2 nitrogen and oxygen atoms in total. The van der Waals surface area contributed by atoms with Gasteiger partial charge in [0.15, 0.2) is 0 Å². The van der Waals surface area contributed by atoms with Crippen LogP contribution < -0.4 is 4.74 Å². The fraction of sp³-hybridized carbons (Fsp3) is 0.471. The Bertz CT molecular complexity index is 443. The molecule has 1 aromatic rings. The topological polar surface area (TPSA) is 26.3 Å². The van der Waals surface area contributed by atoms with Crippen molar-refractivity contribution in [2.75, 3.05) is 4.43 Å². The van der Waals surface area contributed by atoms with Crippen molar-refractivity contribution in [1.29, 1.82) is 0 Å². The molecule has 20 heavy (non-hydrogen) atoms. The maximum Gasteiger partial charge on any atom is 0.316 e. The summed E-state index contributed by atoms with van der Waals surface area (Å²) in [5, 5.41) is 0. The molecule has 0 saturated carbocycles. The molecule has 1 atom stereocenters. The molecule has 0 fully saturated rings. The van der Waals surface area contributed by atoms with Crippen molar-refractivity contribution in [3.8, 4) is 5.75 Å². The van der Waals surface area contributed by atoms with Crippen LogP contribution in [-0.2, 0) is 4.79 Å². The van der Waals surface area contributed by atoms with Crippen molar-refractivity contribution >= 4 is 28.6 Å². The quantitative estimate of drug-likeness (QED) is 0.223. The second-order valence-corrected chi connectivity index (χ2v) is 6.96. The number of esters is 1. The standard InChI is InChI=1S/C17H23IO2/c1-5-13(7-6-12-18)14-8-10-15(11-9-14)20-16(19)17(2,3)4/h5,8-11,13H,1,6-7,12H2,2-4H3. The normalized spacial score (nSPS) is 12.8. The predicted octanol–water partition coefficient (Wildman–Crippen LogP) is 5.12. The highest BCUT2D eigenvalue weighted by Crippen LogP contribution is 2.26. The van der Waals surface area contributed by atoms with Gasteiger partial charge in [-0.3, -0.25) is 4.79 Å². The van der Waals surface area contributed by atoms with Gasteiger partial charge in [0, 0.05) is 5.92 Å². The van der Waals surface area contributed by atoms with E-state index in [2.05, 4.69) is 29.2 Å². The van der Waals surface area contributed by atoms with E-state index in [-0.39, 0.29) is 5.97 Å². The molecule has 110 valence electrons. The van der Waals surface area contributed by atoms with E-state index >= 15 is 0 Å². The van der Waals surface area contributed by atoms with Gasteiger partial charge in [-0.1, -0.05) is 40.8 Å². The van der Waals surface area contributed by atoms with Crippen LogP contribution in [0.1, 0.15) is 45.1 Å². The smallest absolute Gasteiger partial charge is 0.316 e. The Morgan fingerprint density at radius 2 is 1.95 bits per heavy atom. The molecule has 1 rings (SSSR count). The van der Waals surface area contributed by atoms with Crippen LogP contribution in [0.3, 0.4) is 0 Å². The average molecular weight is 386 g/mol. The minimum absolute atomic E-state index is 0.213. The third-order valence-corrected chi connectivity index (χ3v) is 3.83. The Morgan fingerprint density at radius 3 is 2.40 bits per heavy atom. The first-order valence-corrected chi connectivity index (χ1v) is 8.42. The van der Waals surface area contributed by atoms with Crippen molar-refractivity contribution in [2.24, 2.45) is 5.41 Å². The maximum absolute atomic E-state index is 11.8. The number of ether oxygens (including phenoxy) is 1. The van der Waals surface area contributed by atoms with Crippen LogP contribution in [0.25, 0.3) is 0 Å². The van der Waals surface area contributed by atoms with Crippen LogP contribution in [0.5, 0.6) is 5.75 Å². The van der Waals surface area contributed by atoms with Gasteiger partial charge in [-0.15, -0.1) is 6.58 Å². The zero-order chi connectivity index (χ0) is 15.2. The van der Waals surface area contributed by atoms with Gasteiger partial charge in [-0.2, -0.15) is 0 Å². The van der Waals surface area contributed by atoms with E-state index in [1.807, 2.05) is 51.1 Å². The minimum Gasteiger partial charge on any atom is -0.426 e. The molecule has 0 aliphatic heterocycles. The molecular weight excluding hydrogens is 363 g/mol. The zero-order valence-electron chi connectivity index (χ0n) is 12.5. The molecule has 0 spiro atoms. The van der Waals surface area contributed by atoms with Crippen molar-refractivity contribution in [2.45, 2.75) is 39.5 Å². The second kappa shape index (κ2) is 7.81. The zero-order valence-corrected chi connectivity index (χ0v) is 14.6. The summed E-state index contributed by atoms with van der Waals surface area (Å²) >= 11 is 2.39. The molecule has 1 unspecified atom stereocenters. The number of benzene rings is 1. The van der Waals surface area contributed by atoms with Crippen LogP contribution in [0.15, 0.2) is 36.9 Å². The first kappa shape index (κ1) is 17.2. The van der Waals surface area contributed by atoms with E-state index in [1.54, 1.807) is 0 Å². The van der Waals surface area contributed by atoms with Gasteiger partial charge in [0.1, 0.15) is 5.75 Å². The minimum atomic E-state index is -0.484. The molecule has 0 N–H and O–H groups in total. The molecule has 0 heterocycles. The average Bonchev–Trinajstić information content (AvgIpc) is 2.40. The van der Waals surface area contributed by atoms with Crippen LogP contribution in [0.4, 0.5) is 0 Å². The molecule has 0 radical (unpaired) electrons. The van der Waals surface area contributed by atoms with E-state index < -0.39 is 5.41 Å². The van der Waals surface area contributed by atoms with Gasteiger partial charge >= 0.3 is 5.97 Å². The molecule has 0 amide bonds. The summed E-state index contributed by atoms with van der Waals surface area (Å²) in [5.74, 6) is 0.762. The molecule has 0 aromatic heterocycles. The number of carbonyl (C=O) groups is 1. The molecule has 3 heteroatoms. The first-order chi connectivity index (χ1) is 9.38. The van der Waals surface area contributed by atoms with E-state index in [4.69, 9.17) is 4.74 Å². The van der Waals surface area contributed by atoms with Crippen LogP contribution in [-0.4, -0.2) is 10.4 Å². The number of allylic oxidation sites excluding steroid dienone is 1. The Balaban J connectivity index is 2.73. The number of alkyl halides is 1. The number of carbonyl (C=O) groups excluding carboxylic acids is 1. The monoisotopic (exact) mass is 386 g/mol. The van der Waals surface area contributed by atoms with Crippen molar-refractivity contribution in [1.82, 2.24) is 0 Å². The summed E-state index contributed by atoms with van der Waals surface area (Å²) in [6, 6.07) is 7.76. The first-order valence-electron chi connectivity index (χ1n) is 6.89. The Hall–Kier alpha value is -0.840. The molecule has 0 aliphatic carbocycles. The van der Waals surface area contributed by atoms with Crippen LogP contribution in [0.2, 0.25) is 0 Å². The van der Waals surface area contributed by atoms with E-state index in [0.29, 0.717) is 11.7 Å². The van der Waals surface area contributed by atoms with Gasteiger partial charge in [0.25, 0.3) is 0 Å². The molecule has 0 saturated heterocycles. The Labute approximate surface area is 135 Å². The summed E-state index contributed by atoms with van der Waals surface area (Å²) < 4.78 is 6.52. The lowest BCUT2D eigenvalue weighted by Crippen LogP contribution is -2.25. The molecule has 0 bridgehead atoms. The summed E-state index contributed by atoms with van der Waals surface area (Å²) in [6.45, 7) is 9.45. The van der Waals surface area contributed by atoms with Gasteiger partial charge in [0.2, 0.25) is 0 Å². The third kappa shape index (κ3) is 5.27. The fourth-order valence-corrected chi connectivity index (χ4v) is 2.20. The fourth-order valence-electron chi connectivity index (χ4n) is 1.76. The lowest BCUT2D eigenvalue weighted by molar-refractivity contribution is -0.142. The van der Waals surface area contributed by atoms with Crippen molar-refractivity contribution in [3.05, 3.63) is 42.5 Å². The highest BCUT2D eigenvalue weighted by Gasteiger charge is 2.23. The Kier molecular flexibility index (Phi) is 6.72. The lowest BCUT2D eigenvalue weighted by Gasteiger charge is -2.17. The molecular formula is C17H23IO2.